The van der Waals surface area contributed by atoms with Crippen molar-refractivity contribution in [2.45, 2.75) is 38.1 Å². The van der Waals surface area contributed by atoms with Crippen LogP contribution in [0.25, 0.3) is 0 Å². The molecule has 1 fully saturated rings. The molecule has 5 heteroatoms. The summed E-state index contributed by atoms with van der Waals surface area (Å²) in [7, 11) is -1.53. The van der Waals surface area contributed by atoms with Gasteiger partial charge in [-0.3, -0.25) is 0 Å². The topological polar surface area (TPSA) is 58.2 Å². The number of nitrogens with one attached hydrogen (secondary N) is 2. The summed E-state index contributed by atoms with van der Waals surface area (Å²) in [4.78, 5) is 0.354. The van der Waals surface area contributed by atoms with Crippen molar-refractivity contribution in [1.29, 1.82) is 0 Å². The van der Waals surface area contributed by atoms with Crippen LogP contribution in [0.5, 0.6) is 0 Å². The van der Waals surface area contributed by atoms with Gasteiger partial charge >= 0.3 is 0 Å². The van der Waals surface area contributed by atoms with Gasteiger partial charge in [-0.05, 0) is 55.5 Å². The lowest BCUT2D eigenvalue weighted by atomic mass is 10.1. The molecule has 19 heavy (non-hydrogen) atoms. The van der Waals surface area contributed by atoms with E-state index in [1.165, 1.54) is 0 Å². The van der Waals surface area contributed by atoms with E-state index in [4.69, 9.17) is 0 Å². The Kier molecular flexibility index (Phi) is 3.99. The SMILES string of the molecule is CNCc1cc(S(=O)(=O)NCC2(C)CC2)ccc1C. The van der Waals surface area contributed by atoms with Crippen molar-refractivity contribution in [2.24, 2.45) is 5.41 Å². The first kappa shape index (κ1) is 14.5. The van der Waals surface area contributed by atoms with Crippen molar-refractivity contribution in [3.05, 3.63) is 29.3 Å². The highest BCUT2D eigenvalue weighted by atomic mass is 32.2. The van der Waals surface area contributed by atoms with Crippen LogP contribution in [0.15, 0.2) is 23.1 Å². The van der Waals surface area contributed by atoms with Crippen LogP contribution in [-0.2, 0) is 16.6 Å². The van der Waals surface area contributed by atoms with Gasteiger partial charge in [0, 0.05) is 13.1 Å². The van der Waals surface area contributed by atoms with Gasteiger partial charge < -0.3 is 5.32 Å². The summed E-state index contributed by atoms with van der Waals surface area (Å²) in [5.41, 5.74) is 2.29. The molecule has 2 rings (SSSR count). The van der Waals surface area contributed by atoms with Gasteiger partial charge in [0.15, 0.2) is 0 Å². The summed E-state index contributed by atoms with van der Waals surface area (Å²) in [5.74, 6) is 0. The Bertz CT molecular complexity index is 563. The van der Waals surface area contributed by atoms with Gasteiger partial charge in [0.25, 0.3) is 0 Å². The van der Waals surface area contributed by atoms with E-state index in [0.717, 1.165) is 24.0 Å². The third-order valence-electron chi connectivity index (χ3n) is 3.79. The van der Waals surface area contributed by atoms with Crippen molar-refractivity contribution < 1.29 is 8.42 Å². The minimum Gasteiger partial charge on any atom is -0.316 e. The summed E-state index contributed by atoms with van der Waals surface area (Å²) in [6, 6.07) is 5.29. The second-order valence-electron chi connectivity index (χ2n) is 5.75. The predicted octanol–water partition coefficient (Wildman–Crippen LogP) is 1.79. The normalized spacial score (nSPS) is 17.4. The molecule has 0 radical (unpaired) electrons. The minimum atomic E-state index is -3.39. The van der Waals surface area contributed by atoms with Crippen LogP contribution in [0.4, 0.5) is 0 Å². The molecule has 1 saturated carbocycles. The van der Waals surface area contributed by atoms with Gasteiger partial charge in [-0.25, -0.2) is 13.1 Å². The fourth-order valence-corrected chi connectivity index (χ4v) is 3.19. The molecule has 0 heterocycles. The Labute approximate surface area is 115 Å². The fourth-order valence-electron chi connectivity index (χ4n) is 1.94. The van der Waals surface area contributed by atoms with E-state index >= 15 is 0 Å². The maximum absolute atomic E-state index is 12.2. The Morgan fingerprint density at radius 1 is 1.32 bits per heavy atom. The first-order valence-electron chi connectivity index (χ1n) is 6.60. The minimum absolute atomic E-state index is 0.172. The zero-order chi connectivity index (χ0) is 14.1. The van der Waals surface area contributed by atoms with Crippen LogP contribution >= 0.6 is 0 Å². The zero-order valence-electron chi connectivity index (χ0n) is 11.8. The molecule has 2 N–H and O–H groups in total. The average molecular weight is 282 g/mol. The van der Waals surface area contributed by atoms with Gasteiger partial charge in [-0.1, -0.05) is 13.0 Å². The molecule has 1 aliphatic carbocycles. The van der Waals surface area contributed by atoms with E-state index in [-0.39, 0.29) is 5.41 Å². The first-order chi connectivity index (χ1) is 8.86. The third-order valence-corrected chi connectivity index (χ3v) is 5.19. The highest BCUT2D eigenvalue weighted by molar-refractivity contribution is 7.89. The van der Waals surface area contributed by atoms with Crippen molar-refractivity contribution in [2.75, 3.05) is 13.6 Å². The lowest BCUT2D eigenvalue weighted by Gasteiger charge is -2.13. The van der Waals surface area contributed by atoms with Gasteiger partial charge in [-0.2, -0.15) is 0 Å². The highest BCUT2D eigenvalue weighted by Crippen LogP contribution is 2.44. The molecule has 1 aromatic carbocycles. The highest BCUT2D eigenvalue weighted by Gasteiger charge is 2.38. The van der Waals surface area contributed by atoms with E-state index in [9.17, 15) is 8.42 Å². The molecule has 0 spiro atoms. The lowest BCUT2D eigenvalue weighted by Crippen LogP contribution is -2.29. The molecule has 1 aromatic rings. The van der Waals surface area contributed by atoms with Gasteiger partial charge in [0.05, 0.1) is 4.90 Å². The van der Waals surface area contributed by atoms with E-state index in [1.807, 2.05) is 20.0 Å². The Hall–Kier alpha value is -0.910. The third kappa shape index (κ3) is 3.55. The fraction of sp³-hybridized carbons (Fsp3) is 0.571. The standard InChI is InChI=1S/C14H22N2O2S/c1-11-4-5-13(8-12(11)9-15-3)19(17,18)16-10-14(2)6-7-14/h4-5,8,15-16H,6-7,9-10H2,1-3H3. The number of benzene rings is 1. The number of aryl methyl sites for hydroxylation is 1. The van der Waals surface area contributed by atoms with Crippen LogP contribution < -0.4 is 10.0 Å². The lowest BCUT2D eigenvalue weighted by molar-refractivity contribution is 0.530. The molecular weight excluding hydrogens is 260 g/mol. The number of hydrogen-bond acceptors (Lipinski definition) is 3. The summed E-state index contributed by atoms with van der Waals surface area (Å²) in [6.45, 7) is 5.30. The van der Waals surface area contributed by atoms with Gasteiger partial charge in [0.2, 0.25) is 10.0 Å². The van der Waals surface area contributed by atoms with Crippen molar-refractivity contribution in [3.63, 3.8) is 0 Å². The largest absolute Gasteiger partial charge is 0.316 e. The molecule has 0 atom stereocenters. The van der Waals surface area contributed by atoms with Crippen LogP contribution in [0.2, 0.25) is 0 Å². The number of sulfonamides is 1. The Balaban J connectivity index is 2.17. The average Bonchev–Trinajstić information content (AvgIpc) is 3.09. The van der Waals surface area contributed by atoms with Crippen LogP contribution in [0.1, 0.15) is 30.9 Å². The van der Waals surface area contributed by atoms with Gasteiger partial charge in [-0.15, -0.1) is 0 Å². The summed E-state index contributed by atoms with van der Waals surface area (Å²) < 4.78 is 27.2. The van der Waals surface area contributed by atoms with Gasteiger partial charge in [0.1, 0.15) is 0 Å². The smallest absolute Gasteiger partial charge is 0.240 e. The summed E-state index contributed by atoms with van der Waals surface area (Å²) in [6.07, 6.45) is 2.21. The molecule has 0 aliphatic heterocycles. The molecule has 0 bridgehead atoms. The van der Waals surface area contributed by atoms with E-state index in [0.29, 0.717) is 18.0 Å². The molecule has 106 valence electrons. The predicted molar refractivity (Wildman–Crippen MR) is 76.5 cm³/mol. The quantitative estimate of drug-likeness (QED) is 0.836. The molecule has 0 saturated heterocycles. The summed E-state index contributed by atoms with van der Waals surface area (Å²) in [5, 5.41) is 3.05. The molecule has 0 aromatic heterocycles. The van der Waals surface area contributed by atoms with Crippen LogP contribution in [0.3, 0.4) is 0 Å². The van der Waals surface area contributed by atoms with Crippen LogP contribution in [0, 0.1) is 12.3 Å². The van der Waals surface area contributed by atoms with Crippen molar-refractivity contribution >= 4 is 10.0 Å². The summed E-state index contributed by atoms with van der Waals surface area (Å²) >= 11 is 0. The maximum atomic E-state index is 12.2. The second-order valence-corrected chi connectivity index (χ2v) is 7.52. The van der Waals surface area contributed by atoms with Crippen molar-refractivity contribution in [3.8, 4) is 0 Å². The van der Waals surface area contributed by atoms with E-state index in [1.54, 1.807) is 12.1 Å². The molecular formula is C14H22N2O2S. The van der Waals surface area contributed by atoms with E-state index in [2.05, 4.69) is 17.0 Å². The molecule has 0 amide bonds. The second kappa shape index (κ2) is 5.23. The molecule has 1 aliphatic rings. The maximum Gasteiger partial charge on any atom is 0.240 e. The molecule has 0 unspecified atom stereocenters. The Morgan fingerprint density at radius 2 is 2.00 bits per heavy atom. The first-order valence-corrected chi connectivity index (χ1v) is 8.08. The van der Waals surface area contributed by atoms with E-state index < -0.39 is 10.0 Å². The Morgan fingerprint density at radius 3 is 2.58 bits per heavy atom. The monoisotopic (exact) mass is 282 g/mol. The number of hydrogen-bond donors (Lipinski definition) is 2. The number of rotatable bonds is 6. The van der Waals surface area contributed by atoms with Crippen LogP contribution in [-0.4, -0.2) is 22.0 Å². The van der Waals surface area contributed by atoms with Crippen molar-refractivity contribution in [1.82, 2.24) is 10.0 Å². The molecule has 4 nitrogen and oxygen atoms in total. The zero-order valence-corrected chi connectivity index (χ0v) is 12.6.